The molecule has 2 amide bonds. The van der Waals surface area contributed by atoms with Gasteiger partial charge in [-0.3, -0.25) is 9.59 Å². The zero-order chi connectivity index (χ0) is 16.8. The number of hydrogen-bond donors (Lipinski definition) is 1. The lowest BCUT2D eigenvalue weighted by molar-refractivity contribution is -0.121. The van der Waals surface area contributed by atoms with E-state index in [2.05, 4.69) is 19.2 Å². The molecule has 1 aromatic heterocycles. The van der Waals surface area contributed by atoms with Gasteiger partial charge in [0, 0.05) is 30.9 Å². The van der Waals surface area contributed by atoms with Crippen molar-refractivity contribution in [2.45, 2.75) is 52.9 Å². The number of rotatable bonds is 6. The maximum absolute atomic E-state index is 12.7. The smallest absolute Gasteiger partial charge is 0.263 e. The number of thiophene rings is 1. The van der Waals surface area contributed by atoms with E-state index in [9.17, 15) is 9.59 Å². The molecule has 5 heteroatoms. The Morgan fingerprint density at radius 2 is 2.17 bits per heavy atom. The number of amides is 2. The Hall–Kier alpha value is -1.36. The fourth-order valence-electron chi connectivity index (χ4n) is 3.12. The molecule has 1 atom stereocenters. The van der Waals surface area contributed by atoms with Gasteiger partial charge in [-0.25, -0.2) is 0 Å². The average Bonchev–Trinajstić information content (AvgIpc) is 2.94. The molecule has 0 aromatic carbocycles. The van der Waals surface area contributed by atoms with Crippen LogP contribution in [0.2, 0.25) is 0 Å². The highest BCUT2D eigenvalue weighted by Gasteiger charge is 2.26. The van der Waals surface area contributed by atoms with Crippen LogP contribution in [0.25, 0.3) is 0 Å². The first kappa shape index (κ1) is 18.0. The third kappa shape index (κ3) is 4.80. The predicted octanol–water partition coefficient (Wildman–Crippen LogP) is 3.39. The monoisotopic (exact) mass is 336 g/mol. The van der Waals surface area contributed by atoms with Gasteiger partial charge in [-0.15, -0.1) is 11.3 Å². The van der Waals surface area contributed by atoms with Crippen molar-refractivity contribution in [3.05, 3.63) is 21.4 Å². The molecule has 1 N–H and O–H groups in total. The van der Waals surface area contributed by atoms with E-state index in [0.717, 1.165) is 43.6 Å². The molecule has 1 fully saturated rings. The largest absolute Gasteiger partial charge is 0.356 e. The number of likely N-dealkylation sites (tertiary alicyclic amines) is 1. The van der Waals surface area contributed by atoms with Gasteiger partial charge in [0.2, 0.25) is 5.91 Å². The summed E-state index contributed by atoms with van der Waals surface area (Å²) in [4.78, 5) is 28.4. The number of hydrogen-bond acceptors (Lipinski definition) is 3. The first-order chi connectivity index (χ1) is 11.0. The zero-order valence-corrected chi connectivity index (χ0v) is 15.3. The van der Waals surface area contributed by atoms with E-state index in [-0.39, 0.29) is 11.8 Å². The van der Waals surface area contributed by atoms with Gasteiger partial charge in [0.25, 0.3) is 5.91 Å². The summed E-state index contributed by atoms with van der Waals surface area (Å²) in [7, 11) is 0. The lowest BCUT2D eigenvalue weighted by atomic mass is 9.97. The number of aryl methyl sites for hydroxylation is 2. The number of piperidine rings is 1. The van der Waals surface area contributed by atoms with Gasteiger partial charge >= 0.3 is 0 Å². The van der Waals surface area contributed by atoms with Crippen molar-refractivity contribution in [1.82, 2.24) is 10.2 Å². The van der Waals surface area contributed by atoms with Gasteiger partial charge in [-0.05, 0) is 50.2 Å². The van der Waals surface area contributed by atoms with E-state index in [0.29, 0.717) is 18.9 Å². The molecule has 0 bridgehead atoms. The topological polar surface area (TPSA) is 49.4 Å². The molecule has 1 saturated heterocycles. The lowest BCUT2D eigenvalue weighted by Gasteiger charge is -2.32. The third-order valence-electron chi connectivity index (χ3n) is 4.42. The maximum atomic E-state index is 12.7. The summed E-state index contributed by atoms with van der Waals surface area (Å²) in [6.45, 7) is 8.48. The number of carbonyl (C=O) groups excluding carboxylic acids is 2. The molecule has 2 heterocycles. The molecule has 1 unspecified atom stereocenters. The first-order valence-electron chi connectivity index (χ1n) is 8.70. The predicted molar refractivity (Wildman–Crippen MR) is 95.0 cm³/mol. The van der Waals surface area contributed by atoms with Crippen molar-refractivity contribution in [2.24, 2.45) is 5.92 Å². The minimum atomic E-state index is 0.123. The van der Waals surface area contributed by atoms with Gasteiger partial charge in [-0.1, -0.05) is 13.8 Å². The SMILES string of the molecule is CCCC(=O)NCC1CCCN(C(=O)c2cc(C)c(CC)s2)C1. The van der Waals surface area contributed by atoms with E-state index in [1.54, 1.807) is 11.3 Å². The highest BCUT2D eigenvalue weighted by atomic mass is 32.1. The van der Waals surface area contributed by atoms with Crippen LogP contribution in [0.15, 0.2) is 6.07 Å². The van der Waals surface area contributed by atoms with Crippen LogP contribution in [-0.4, -0.2) is 36.3 Å². The molecule has 2 rings (SSSR count). The second kappa shape index (κ2) is 8.48. The minimum Gasteiger partial charge on any atom is -0.356 e. The Morgan fingerprint density at radius 3 is 2.83 bits per heavy atom. The Morgan fingerprint density at radius 1 is 1.39 bits per heavy atom. The van der Waals surface area contributed by atoms with Crippen LogP contribution in [0.3, 0.4) is 0 Å². The van der Waals surface area contributed by atoms with Crippen molar-refractivity contribution >= 4 is 23.2 Å². The highest BCUT2D eigenvalue weighted by Crippen LogP contribution is 2.25. The summed E-state index contributed by atoms with van der Waals surface area (Å²) < 4.78 is 0. The van der Waals surface area contributed by atoms with E-state index in [1.807, 2.05) is 17.9 Å². The van der Waals surface area contributed by atoms with Crippen LogP contribution in [0.1, 0.15) is 59.6 Å². The molecule has 128 valence electrons. The van der Waals surface area contributed by atoms with E-state index >= 15 is 0 Å². The summed E-state index contributed by atoms with van der Waals surface area (Å²) in [5.41, 5.74) is 1.22. The van der Waals surface area contributed by atoms with Crippen LogP contribution in [0.5, 0.6) is 0 Å². The highest BCUT2D eigenvalue weighted by molar-refractivity contribution is 7.14. The van der Waals surface area contributed by atoms with Gasteiger partial charge in [-0.2, -0.15) is 0 Å². The quantitative estimate of drug-likeness (QED) is 0.866. The maximum Gasteiger partial charge on any atom is 0.263 e. The molecule has 0 saturated carbocycles. The Labute approximate surface area is 143 Å². The minimum absolute atomic E-state index is 0.123. The van der Waals surface area contributed by atoms with Crippen LogP contribution in [0.4, 0.5) is 0 Å². The molecule has 1 aromatic rings. The van der Waals surface area contributed by atoms with E-state index < -0.39 is 0 Å². The van der Waals surface area contributed by atoms with Gasteiger partial charge in [0.1, 0.15) is 0 Å². The second-order valence-corrected chi connectivity index (χ2v) is 7.52. The molecule has 0 aliphatic carbocycles. The Balaban J connectivity index is 1.92. The number of nitrogens with zero attached hydrogens (tertiary/aromatic N) is 1. The number of nitrogens with one attached hydrogen (secondary N) is 1. The molecular formula is C18H28N2O2S. The third-order valence-corrected chi connectivity index (χ3v) is 5.79. The molecular weight excluding hydrogens is 308 g/mol. The zero-order valence-electron chi connectivity index (χ0n) is 14.5. The Bertz CT molecular complexity index is 553. The molecule has 4 nitrogen and oxygen atoms in total. The fourth-order valence-corrected chi connectivity index (χ4v) is 4.20. The lowest BCUT2D eigenvalue weighted by Crippen LogP contribution is -2.43. The van der Waals surface area contributed by atoms with E-state index in [4.69, 9.17) is 0 Å². The van der Waals surface area contributed by atoms with E-state index in [1.165, 1.54) is 10.4 Å². The summed E-state index contributed by atoms with van der Waals surface area (Å²) in [6.07, 6.45) is 4.54. The molecule has 23 heavy (non-hydrogen) atoms. The molecule has 1 aliphatic rings. The summed E-state index contributed by atoms with van der Waals surface area (Å²) >= 11 is 1.63. The normalized spacial score (nSPS) is 18.0. The number of carbonyl (C=O) groups is 2. The van der Waals surface area contributed by atoms with Crippen LogP contribution in [0, 0.1) is 12.8 Å². The van der Waals surface area contributed by atoms with Crippen LogP contribution in [-0.2, 0) is 11.2 Å². The average molecular weight is 337 g/mol. The molecule has 1 aliphatic heterocycles. The van der Waals surface area contributed by atoms with Crippen molar-refractivity contribution in [3.8, 4) is 0 Å². The van der Waals surface area contributed by atoms with Crippen molar-refractivity contribution < 1.29 is 9.59 Å². The van der Waals surface area contributed by atoms with Crippen molar-refractivity contribution in [2.75, 3.05) is 19.6 Å². The van der Waals surface area contributed by atoms with Crippen molar-refractivity contribution in [1.29, 1.82) is 0 Å². The van der Waals surface area contributed by atoms with Crippen LogP contribution >= 0.6 is 11.3 Å². The van der Waals surface area contributed by atoms with Gasteiger partial charge in [0.15, 0.2) is 0 Å². The van der Waals surface area contributed by atoms with Gasteiger partial charge < -0.3 is 10.2 Å². The second-order valence-electron chi connectivity index (χ2n) is 6.38. The summed E-state index contributed by atoms with van der Waals surface area (Å²) in [5.74, 6) is 0.653. The first-order valence-corrected chi connectivity index (χ1v) is 9.52. The van der Waals surface area contributed by atoms with Crippen molar-refractivity contribution in [3.63, 3.8) is 0 Å². The van der Waals surface area contributed by atoms with Gasteiger partial charge in [0.05, 0.1) is 4.88 Å². The standard InChI is InChI=1S/C18H28N2O2S/c1-4-7-17(21)19-11-14-8-6-9-20(12-14)18(22)16-10-13(3)15(5-2)23-16/h10,14H,4-9,11-12H2,1-3H3,(H,19,21). The fraction of sp³-hybridized carbons (Fsp3) is 0.667. The molecule has 0 radical (unpaired) electrons. The summed E-state index contributed by atoms with van der Waals surface area (Å²) in [5, 5.41) is 3.00. The Kier molecular flexibility index (Phi) is 6.63. The summed E-state index contributed by atoms with van der Waals surface area (Å²) in [6, 6.07) is 2.03. The van der Waals surface area contributed by atoms with Crippen LogP contribution < -0.4 is 5.32 Å². The molecule has 0 spiro atoms.